The van der Waals surface area contributed by atoms with E-state index in [9.17, 15) is 4.79 Å². The Morgan fingerprint density at radius 2 is 1.95 bits per heavy atom. The summed E-state index contributed by atoms with van der Waals surface area (Å²) in [5, 5.41) is 0. The Kier molecular flexibility index (Phi) is 4.06. The Morgan fingerprint density at radius 1 is 1.20 bits per heavy atom. The van der Waals surface area contributed by atoms with Gasteiger partial charge in [-0.3, -0.25) is 4.79 Å². The molecule has 0 atom stereocenters. The number of aryl methyl sites for hydroxylation is 1. The second kappa shape index (κ2) is 5.96. The molecule has 1 amide bonds. The molecule has 1 saturated carbocycles. The van der Waals surface area contributed by atoms with Crippen LogP contribution in [0.5, 0.6) is 0 Å². The number of amides is 1. The fourth-order valence-electron chi connectivity index (χ4n) is 3.53. The molecular formula is C17H23NO2. The highest BCUT2D eigenvalue weighted by molar-refractivity contribution is 5.96. The Bertz CT molecular complexity index is 478. The zero-order chi connectivity index (χ0) is 13.9. The first-order valence-corrected chi connectivity index (χ1v) is 7.71. The number of fused-ring (bicyclic) bond motifs is 1. The Labute approximate surface area is 120 Å². The van der Waals surface area contributed by atoms with Crippen LogP contribution in [0, 0.1) is 5.92 Å². The van der Waals surface area contributed by atoms with Crippen molar-refractivity contribution in [1.29, 1.82) is 0 Å². The standard InChI is InChI=1S/C17H23NO2/c1-20-15-10-8-14(9-11-15)17(19)18-12-4-6-13-5-2-3-7-16(13)18/h2-3,5,7,14-15H,4,6,8-12H2,1H3. The van der Waals surface area contributed by atoms with Gasteiger partial charge in [-0.15, -0.1) is 0 Å². The molecule has 0 spiro atoms. The Balaban J connectivity index is 1.72. The van der Waals surface area contributed by atoms with Crippen LogP contribution in [0.4, 0.5) is 5.69 Å². The second-order valence-electron chi connectivity index (χ2n) is 5.93. The summed E-state index contributed by atoms with van der Waals surface area (Å²) >= 11 is 0. The lowest BCUT2D eigenvalue weighted by molar-refractivity contribution is -0.124. The van der Waals surface area contributed by atoms with Crippen LogP contribution in [0.15, 0.2) is 24.3 Å². The number of hydrogen-bond donors (Lipinski definition) is 0. The minimum atomic E-state index is 0.188. The van der Waals surface area contributed by atoms with E-state index in [-0.39, 0.29) is 5.92 Å². The first-order chi connectivity index (χ1) is 9.79. The smallest absolute Gasteiger partial charge is 0.230 e. The van der Waals surface area contributed by atoms with Gasteiger partial charge in [-0.25, -0.2) is 0 Å². The first kappa shape index (κ1) is 13.6. The highest BCUT2D eigenvalue weighted by Gasteiger charge is 2.31. The summed E-state index contributed by atoms with van der Waals surface area (Å²) in [7, 11) is 1.77. The summed E-state index contributed by atoms with van der Waals surface area (Å²) in [5.41, 5.74) is 2.45. The predicted octanol–water partition coefficient (Wildman–Crippen LogP) is 3.17. The fourth-order valence-corrected chi connectivity index (χ4v) is 3.53. The molecule has 0 saturated heterocycles. The number of carbonyl (C=O) groups is 1. The van der Waals surface area contributed by atoms with Crippen molar-refractivity contribution in [3.8, 4) is 0 Å². The molecule has 1 aromatic rings. The largest absolute Gasteiger partial charge is 0.381 e. The lowest BCUT2D eigenvalue weighted by Crippen LogP contribution is -2.41. The number of methoxy groups -OCH3 is 1. The molecule has 108 valence electrons. The van der Waals surface area contributed by atoms with Crippen molar-refractivity contribution >= 4 is 11.6 Å². The molecule has 1 aromatic carbocycles. The zero-order valence-corrected chi connectivity index (χ0v) is 12.2. The van der Waals surface area contributed by atoms with Crippen molar-refractivity contribution in [1.82, 2.24) is 0 Å². The van der Waals surface area contributed by atoms with E-state index >= 15 is 0 Å². The molecule has 0 aromatic heterocycles. The second-order valence-corrected chi connectivity index (χ2v) is 5.93. The molecule has 3 heteroatoms. The fraction of sp³-hybridized carbons (Fsp3) is 0.588. The number of benzene rings is 1. The van der Waals surface area contributed by atoms with Crippen LogP contribution < -0.4 is 4.90 Å². The molecule has 1 aliphatic heterocycles. The third-order valence-corrected chi connectivity index (χ3v) is 4.73. The normalized spacial score (nSPS) is 26.1. The topological polar surface area (TPSA) is 29.5 Å². The molecule has 1 aliphatic carbocycles. The summed E-state index contributed by atoms with van der Waals surface area (Å²) in [4.78, 5) is 14.8. The monoisotopic (exact) mass is 273 g/mol. The lowest BCUT2D eigenvalue weighted by Gasteiger charge is -2.34. The van der Waals surface area contributed by atoms with Gasteiger partial charge in [0.1, 0.15) is 0 Å². The van der Waals surface area contributed by atoms with Crippen molar-refractivity contribution < 1.29 is 9.53 Å². The number of carbonyl (C=O) groups excluding carboxylic acids is 1. The van der Waals surface area contributed by atoms with Gasteiger partial charge in [-0.05, 0) is 50.2 Å². The molecule has 1 heterocycles. The van der Waals surface area contributed by atoms with Crippen LogP contribution >= 0.6 is 0 Å². The van der Waals surface area contributed by atoms with Gasteiger partial charge in [0.15, 0.2) is 0 Å². The van der Waals surface area contributed by atoms with Crippen LogP contribution in [0.3, 0.4) is 0 Å². The van der Waals surface area contributed by atoms with Crippen molar-refractivity contribution in [2.24, 2.45) is 5.92 Å². The third-order valence-electron chi connectivity index (χ3n) is 4.73. The Morgan fingerprint density at radius 3 is 2.70 bits per heavy atom. The van der Waals surface area contributed by atoms with Gasteiger partial charge < -0.3 is 9.64 Å². The number of ether oxygens (including phenoxy) is 1. The van der Waals surface area contributed by atoms with Gasteiger partial charge in [0, 0.05) is 25.3 Å². The molecule has 0 radical (unpaired) electrons. The Hall–Kier alpha value is -1.35. The number of nitrogens with zero attached hydrogens (tertiary/aromatic N) is 1. The summed E-state index contributed by atoms with van der Waals surface area (Å²) in [5.74, 6) is 0.513. The highest BCUT2D eigenvalue weighted by Crippen LogP contribution is 2.32. The maximum atomic E-state index is 12.8. The average Bonchev–Trinajstić information content (AvgIpc) is 2.54. The van der Waals surface area contributed by atoms with Crippen LogP contribution in [0.25, 0.3) is 0 Å². The highest BCUT2D eigenvalue weighted by atomic mass is 16.5. The van der Waals surface area contributed by atoms with Crippen molar-refractivity contribution in [3.05, 3.63) is 29.8 Å². The predicted molar refractivity (Wildman–Crippen MR) is 79.9 cm³/mol. The van der Waals surface area contributed by atoms with E-state index in [0.717, 1.165) is 50.8 Å². The molecule has 2 aliphatic rings. The van der Waals surface area contributed by atoms with Gasteiger partial charge >= 0.3 is 0 Å². The number of rotatable bonds is 2. The quantitative estimate of drug-likeness (QED) is 0.828. The minimum Gasteiger partial charge on any atom is -0.381 e. The van der Waals surface area contributed by atoms with E-state index in [2.05, 4.69) is 18.2 Å². The van der Waals surface area contributed by atoms with Crippen molar-refractivity contribution in [3.63, 3.8) is 0 Å². The summed E-state index contributed by atoms with van der Waals surface area (Å²) in [6, 6.07) is 8.34. The molecule has 0 bridgehead atoms. The summed E-state index contributed by atoms with van der Waals surface area (Å²) in [6.45, 7) is 0.875. The molecule has 1 fully saturated rings. The van der Waals surface area contributed by atoms with E-state index in [4.69, 9.17) is 4.74 Å². The van der Waals surface area contributed by atoms with Gasteiger partial charge in [-0.1, -0.05) is 18.2 Å². The van der Waals surface area contributed by atoms with Crippen LogP contribution in [-0.2, 0) is 16.0 Å². The van der Waals surface area contributed by atoms with Gasteiger partial charge in [0.2, 0.25) is 5.91 Å². The molecule has 20 heavy (non-hydrogen) atoms. The minimum absolute atomic E-state index is 0.188. The maximum absolute atomic E-state index is 12.8. The first-order valence-electron chi connectivity index (χ1n) is 7.71. The molecular weight excluding hydrogens is 250 g/mol. The van der Waals surface area contributed by atoms with E-state index in [1.54, 1.807) is 7.11 Å². The average molecular weight is 273 g/mol. The lowest BCUT2D eigenvalue weighted by atomic mass is 9.85. The van der Waals surface area contributed by atoms with Crippen molar-refractivity contribution in [2.45, 2.75) is 44.6 Å². The van der Waals surface area contributed by atoms with Gasteiger partial charge in [0.05, 0.1) is 6.10 Å². The number of para-hydroxylation sites is 1. The van der Waals surface area contributed by atoms with Crippen LogP contribution in [0.1, 0.15) is 37.7 Å². The van der Waals surface area contributed by atoms with Crippen molar-refractivity contribution in [2.75, 3.05) is 18.6 Å². The maximum Gasteiger partial charge on any atom is 0.230 e. The zero-order valence-electron chi connectivity index (χ0n) is 12.2. The van der Waals surface area contributed by atoms with E-state index < -0.39 is 0 Å². The van der Waals surface area contributed by atoms with E-state index in [0.29, 0.717) is 12.0 Å². The molecule has 3 rings (SSSR count). The van der Waals surface area contributed by atoms with Crippen LogP contribution in [0.2, 0.25) is 0 Å². The SMILES string of the molecule is COC1CCC(C(=O)N2CCCc3ccccc32)CC1. The van der Waals surface area contributed by atoms with E-state index in [1.807, 2.05) is 11.0 Å². The summed E-state index contributed by atoms with van der Waals surface area (Å²) in [6.07, 6.45) is 6.50. The van der Waals surface area contributed by atoms with Gasteiger partial charge in [-0.2, -0.15) is 0 Å². The number of hydrogen-bond acceptors (Lipinski definition) is 2. The molecule has 0 unspecified atom stereocenters. The molecule has 0 N–H and O–H groups in total. The van der Waals surface area contributed by atoms with Crippen LogP contribution in [-0.4, -0.2) is 25.7 Å². The number of anilines is 1. The third kappa shape index (κ3) is 2.59. The van der Waals surface area contributed by atoms with E-state index in [1.165, 1.54) is 5.56 Å². The summed E-state index contributed by atoms with van der Waals surface area (Å²) < 4.78 is 5.40. The van der Waals surface area contributed by atoms with Gasteiger partial charge in [0.25, 0.3) is 0 Å². The molecule has 3 nitrogen and oxygen atoms in total.